The first-order valence-corrected chi connectivity index (χ1v) is 4.67. The van der Waals surface area contributed by atoms with Crippen molar-refractivity contribution in [3.8, 4) is 0 Å². The topological polar surface area (TPSA) is 26.3 Å². The summed E-state index contributed by atoms with van der Waals surface area (Å²) in [4.78, 5) is 11.2. The van der Waals surface area contributed by atoms with Gasteiger partial charge < -0.3 is 4.74 Å². The van der Waals surface area contributed by atoms with Gasteiger partial charge in [-0.1, -0.05) is 27.4 Å². The van der Waals surface area contributed by atoms with E-state index in [9.17, 15) is 4.79 Å². The minimum Gasteiger partial charge on any atom is -0.459 e. The van der Waals surface area contributed by atoms with Crippen LogP contribution in [0.25, 0.3) is 0 Å². The largest absolute Gasteiger partial charge is 0.459 e. The second kappa shape index (κ2) is 4.45. The van der Waals surface area contributed by atoms with Crippen molar-refractivity contribution in [2.24, 2.45) is 5.41 Å². The molecule has 0 aliphatic heterocycles. The molecule has 0 aromatic rings. The van der Waals surface area contributed by atoms with Gasteiger partial charge in [0, 0.05) is 11.0 Å². The molecular weight excluding hydrogens is 164 g/mol. The number of hydrogen-bond acceptors (Lipinski definition) is 2. The SMILES string of the molecule is C=C(C)C(=O)OC(C)C(C)(C)CC. The van der Waals surface area contributed by atoms with E-state index in [2.05, 4.69) is 27.4 Å². The van der Waals surface area contributed by atoms with Crippen LogP contribution in [0.2, 0.25) is 0 Å². The first-order valence-electron chi connectivity index (χ1n) is 4.67. The summed E-state index contributed by atoms with van der Waals surface area (Å²) in [6.45, 7) is 13.4. The van der Waals surface area contributed by atoms with Crippen molar-refractivity contribution in [1.82, 2.24) is 0 Å². The van der Waals surface area contributed by atoms with E-state index in [1.165, 1.54) is 0 Å². The number of esters is 1. The molecule has 0 saturated carbocycles. The molecule has 1 unspecified atom stereocenters. The lowest BCUT2D eigenvalue weighted by Gasteiger charge is -2.30. The highest BCUT2D eigenvalue weighted by Crippen LogP contribution is 2.27. The van der Waals surface area contributed by atoms with Crippen LogP contribution in [0.5, 0.6) is 0 Å². The van der Waals surface area contributed by atoms with Crippen LogP contribution >= 0.6 is 0 Å². The first-order chi connectivity index (χ1) is 5.81. The standard InChI is InChI=1S/C11H20O2/c1-7-11(5,6)9(4)13-10(12)8(2)3/h9H,2,7H2,1,3-6H3. The highest BCUT2D eigenvalue weighted by molar-refractivity contribution is 5.87. The average molecular weight is 184 g/mol. The predicted molar refractivity (Wildman–Crippen MR) is 54.4 cm³/mol. The zero-order valence-electron chi connectivity index (χ0n) is 9.31. The van der Waals surface area contributed by atoms with Crippen molar-refractivity contribution in [1.29, 1.82) is 0 Å². The van der Waals surface area contributed by atoms with Crippen molar-refractivity contribution >= 4 is 5.97 Å². The third-order valence-electron chi connectivity index (χ3n) is 2.64. The summed E-state index contributed by atoms with van der Waals surface area (Å²) >= 11 is 0. The van der Waals surface area contributed by atoms with Gasteiger partial charge in [0.25, 0.3) is 0 Å². The van der Waals surface area contributed by atoms with Gasteiger partial charge in [0.05, 0.1) is 0 Å². The average Bonchev–Trinajstić information content (AvgIpc) is 2.04. The Kier molecular flexibility index (Phi) is 4.18. The van der Waals surface area contributed by atoms with E-state index in [0.717, 1.165) is 6.42 Å². The molecule has 0 rings (SSSR count). The smallest absolute Gasteiger partial charge is 0.333 e. The normalized spacial score (nSPS) is 13.6. The molecule has 0 aromatic carbocycles. The zero-order chi connectivity index (χ0) is 10.6. The Morgan fingerprint density at radius 2 is 2.00 bits per heavy atom. The lowest BCUT2D eigenvalue weighted by Crippen LogP contribution is -2.31. The monoisotopic (exact) mass is 184 g/mol. The Labute approximate surface area is 81.0 Å². The van der Waals surface area contributed by atoms with Gasteiger partial charge in [-0.2, -0.15) is 0 Å². The van der Waals surface area contributed by atoms with Crippen LogP contribution in [0.1, 0.15) is 41.0 Å². The van der Waals surface area contributed by atoms with E-state index < -0.39 is 0 Å². The fourth-order valence-electron chi connectivity index (χ4n) is 0.708. The molecule has 13 heavy (non-hydrogen) atoms. The summed E-state index contributed by atoms with van der Waals surface area (Å²) in [6, 6.07) is 0. The van der Waals surface area contributed by atoms with Crippen molar-refractivity contribution in [3.05, 3.63) is 12.2 Å². The van der Waals surface area contributed by atoms with Crippen LogP contribution in [-0.4, -0.2) is 12.1 Å². The molecular formula is C11H20O2. The number of carbonyl (C=O) groups excluding carboxylic acids is 1. The van der Waals surface area contributed by atoms with Gasteiger partial charge in [-0.3, -0.25) is 0 Å². The molecule has 0 aliphatic carbocycles. The Morgan fingerprint density at radius 3 is 2.31 bits per heavy atom. The Hall–Kier alpha value is -0.790. The fraction of sp³-hybridized carbons (Fsp3) is 0.727. The molecule has 0 fully saturated rings. The molecule has 0 aliphatic rings. The van der Waals surface area contributed by atoms with E-state index in [1.807, 2.05) is 6.92 Å². The van der Waals surface area contributed by atoms with Crippen LogP contribution in [0, 0.1) is 5.41 Å². The van der Waals surface area contributed by atoms with E-state index in [0.29, 0.717) is 5.57 Å². The maximum Gasteiger partial charge on any atom is 0.333 e. The molecule has 1 atom stereocenters. The second-order valence-corrected chi connectivity index (χ2v) is 4.17. The fourth-order valence-corrected chi connectivity index (χ4v) is 0.708. The minimum atomic E-state index is -0.297. The van der Waals surface area contributed by atoms with Crippen molar-refractivity contribution in [3.63, 3.8) is 0 Å². The van der Waals surface area contributed by atoms with Gasteiger partial charge in [-0.25, -0.2) is 4.79 Å². The van der Waals surface area contributed by atoms with E-state index in [1.54, 1.807) is 6.92 Å². The number of ether oxygens (including phenoxy) is 1. The van der Waals surface area contributed by atoms with Gasteiger partial charge in [-0.05, 0) is 20.3 Å². The Morgan fingerprint density at radius 1 is 1.54 bits per heavy atom. The minimum absolute atomic E-state index is 0.0328. The van der Waals surface area contributed by atoms with Crippen molar-refractivity contribution in [2.45, 2.75) is 47.1 Å². The highest BCUT2D eigenvalue weighted by atomic mass is 16.5. The summed E-state index contributed by atoms with van der Waals surface area (Å²) in [6.07, 6.45) is 0.916. The lowest BCUT2D eigenvalue weighted by molar-refractivity contribution is -0.149. The Balaban J connectivity index is 4.23. The molecule has 0 spiro atoms. The zero-order valence-corrected chi connectivity index (χ0v) is 9.31. The first kappa shape index (κ1) is 12.2. The van der Waals surface area contributed by atoms with Crippen LogP contribution in [0.3, 0.4) is 0 Å². The number of hydrogen-bond donors (Lipinski definition) is 0. The van der Waals surface area contributed by atoms with Crippen LogP contribution in [0.15, 0.2) is 12.2 Å². The summed E-state index contributed by atoms with van der Waals surface area (Å²) < 4.78 is 5.23. The van der Waals surface area contributed by atoms with Gasteiger partial charge in [0.15, 0.2) is 0 Å². The molecule has 2 nitrogen and oxygen atoms in total. The van der Waals surface area contributed by atoms with Crippen LogP contribution in [0.4, 0.5) is 0 Å². The van der Waals surface area contributed by atoms with Crippen LogP contribution < -0.4 is 0 Å². The number of carbonyl (C=O) groups is 1. The lowest BCUT2D eigenvalue weighted by atomic mass is 9.85. The predicted octanol–water partition coefficient (Wildman–Crippen LogP) is 2.93. The quantitative estimate of drug-likeness (QED) is 0.496. The van der Waals surface area contributed by atoms with Crippen molar-refractivity contribution < 1.29 is 9.53 Å². The molecule has 0 aromatic heterocycles. The second-order valence-electron chi connectivity index (χ2n) is 4.17. The Bertz CT molecular complexity index is 204. The highest BCUT2D eigenvalue weighted by Gasteiger charge is 2.26. The molecule has 0 radical (unpaired) electrons. The summed E-state index contributed by atoms with van der Waals surface area (Å²) in [5.74, 6) is -0.297. The summed E-state index contributed by atoms with van der Waals surface area (Å²) in [5.41, 5.74) is 0.490. The van der Waals surface area contributed by atoms with E-state index in [4.69, 9.17) is 4.74 Å². The molecule has 0 saturated heterocycles. The molecule has 0 amide bonds. The van der Waals surface area contributed by atoms with Gasteiger partial charge in [0.1, 0.15) is 6.10 Å². The molecule has 2 heteroatoms. The maximum atomic E-state index is 11.2. The van der Waals surface area contributed by atoms with Gasteiger partial charge in [0.2, 0.25) is 0 Å². The molecule has 0 bridgehead atoms. The molecule has 0 N–H and O–H groups in total. The summed E-state index contributed by atoms with van der Waals surface area (Å²) in [5, 5.41) is 0. The van der Waals surface area contributed by atoms with Crippen LogP contribution in [-0.2, 0) is 9.53 Å². The maximum absolute atomic E-state index is 11.2. The van der Waals surface area contributed by atoms with Gasteiger partial charge in [-0.15, -0.1) is 0 Å². The van der Waals surface area contributed by atoms with E-state index >= 15 is 0 Å². The third kappa shape index (κ3) is 3.62. The van der Waals surface area contributed by atoms with Gasteiger partial charge >= 0.3 is 5.97 Å². The van der Waals surface area contributed by atoms with E-state index in [-0.39, 0.29) is 17.5 Å². The molecule has 0 heterocycles. The number of rotatable bonds is 4. The molecule has 76 valence electrons. The summed E-state index contributed by atoms with van der Waals surface area (Å²) in [7, 11) is 0. The van der Waals surface area contributed by atoms with Crippen molar-refractivity contribution in [2.75, 3.05) is 0 Å². The third-order valence-corrected chi connectivity index (χ3v) is 2.64.